The second-order valence-corrected chi connectivity index (χ2v) is 3.44. The van der Waals surface area contributed by atoms with E-state index in [2.05, 4.69) is 17.9 Å². The Labute approximate surface area is 86.6 Å². The van der Waals surface area contributed by atoms with Crippen LogP contribution in [0.4, 0.5) is 0 Å². The number of hydrogen-bond donors (Lipinski definition) is 2. The second-order valence-electron chi connectivity index (χ2n) is 2.88. The Morgan fingerprint density at radius 3 is 2.33 bits per heavy atom. The van der Waals surface area contributed by atoms with Crippen LogP contribution in [0, 0.1) is 5.92 Å². The molecule has 3 heteroatoms. The van der Waals surface area contributed by atoms with Crippen molar-refractivity contribution in [1.29, 1.82) is 0 Å². The van der Waals surface area contributed by atoms with Crippen LogP contribution < -0.4 is 5.32 Å². The average molecular weight is 218 g/mol. The van der Waals surface area contributed by atoms with E-state index in [1.54, 1.807) is 0 Å². The van der Waals surface area contributed by atoms with Gasteiger partial charge in [-0.25, -0.2) is 0 Å². The van der Waals surface area contributed by atoms with Gasteiger partial charge in [0.2, 0.25) is 0 Å². The number of nitrogens with one attached hydrogen (secondary N) is 1. The van der Waals surface area contributed by atoms with Crippen LogP contribution in [0.3, 0.4) is 0 Å². The molecule has 0 amide bonds. The first-order chi connectivity index (χ1) is 3.86. The maximum atomic E-state index is 4.39. The molecule has 0 aromatic carbocycles. The molecule has 2 bridgehead atoms. The molecule has 1 radical (unpaired) electrons. The number of hydrogen-bond acceptors (Lipinski definition) is 2. The van der Waals surface area contributed by atoms with Gasteiger partial charge in [0.1, 0.15) is 0 Å². The van der Waals surface area contributed by atoms with Crippen LogP contribution in [0.25, 0.3) is 0 Å². The van der Waals surface area contributed by atoms with E-state index in [0.29, 0.717) is 5.37 Å². The molecule has 1 saturated carbocycles. The van der Waals surface area contributed by atoms with Crippen LogP contribution in [0.2, 0.25) is 0 Å². The van der Waals surface area contributed by atoms with Crippen molar-refractivity contribution in [2.45, 2.75) is 30.7 Å². The van der Waals surface area contributed by atoms with Gasteiger partial charge in [-0.2, -0.15) is 12.6 Å². The second kappa shape index (κ2) is 3.21. The topological polar surface area (TPSA) is 12.0 Å². The van der Waals surface area contributed by atoms with Gasteiger partial charge in [-0.1, -0.05) is 0 Å². The molecule has 1 nitrogen and oxygen atoms in total. The Balaban J connectivity index is 0.000000405. The predicted molar refractivity (Wildman–Crippen MR) is 37.0 cm³/mol. The van der Waals surface area contributed by atoms with Crippen molar-refractivity contribution in [2.24, 2.45) is 5.92 Å². The van der Waals surface area contributed by atoms with Gasteiger partial charge in [0.15, 0.2) is 0 Å². The molecule has 1 saturated heterocycles. The van der Waals surface area contributed by atoms with E-state index in [1.807, 2.05) is 0 Å². The zero-order valence-corrected chi connectivity index (χ0v) is 9.11. The zero-order chi connectivity index (χ0) is 5.56. The van der Waals surface area contributed by atoms with Crippen molar-refractivity contribution in [1.82, 2.24) is 5.32 Å². The van der Waals surface area contributed by atoms with Crippen LogP contribution >= 0.6 is 12.6 Å². The van der Waals surface area contributed by atoms with Gasteiger partial charge in [-0.15, -0.1) is 0 Å². The maximum absolute atomic E-state index is 4.39. The third-order valence-electron chi connectivity index (χ3n) is 2.33. The summed E-state index contributed by atoms with van der Waals surface area (Å²) in [5, 5.41) is 3.94. The van der Waals surface area contributed by atoms with Crippen molar-refractivity contribution in [3.63, 3.8) is 0 Å². The summed E-state index contributed by atoms with van der Waals surface area (Å²) < 4.78 is 0. The Hall–Kier alpha value is 1.41. The van der Waals surface area contributed by atoms with Gasteiger partial charge in [-0.05, 0) is 25.2 Å². The van der Waals surface area contributed by atoms with Crippen LogP contribution in [0.1, 0.15) is 19.3 Å². The summed E-state index contributed by atoms with van der Waals surface area (Å²) in [6.45, 7) is 0. The monoisotopic (exact) mass is 218 g/mol. The molecule has 1 aliphatic carbocycles. The Kier molecular flexibility index (Phi) is 3.03. The quantitative estimate of drug-likeness (QED) is 0.578. The molecule has 2 aliphatic rings. The summed E-state index contributed by atoms with van der Waals surface area (Å²) in [5.41, 5.74) is 0. The Morgan fingerprint density at radius 2 is 2.11 bits per heavy atom. The molecule has 1 heterocycles. The van der Waals surface area contributed by atoms with Gasteiger partial charge in [0, 0.05) is 38.8 Å². The van der Waals surface area contributed by atoms with Crippen molar-refractivity contribution in [2.75, 3.05) is 0 Å². The largest absolute Gasteiger partial charge is 0.303 e. The maximum Gasteiger partial charge on any atom is 0.0533 e. The van der Waals surface area contributed by atoms with Gasteiger partial charge in [0.25, 0.3) is 0 Å². The van der Waals surface area contributed by atoms with Crippen molar-refractivity contribution in [3.05, 3.63) is 0 Å². The fraction of sp³-hybridized carbons (Fsp3) is 1.00. The fourth-order valence-electron chi connectivity index (χ4n) is 1.83. The number of thiol groups is 1. The van der Waals surface area contributed by atoms with Gasteiger partial charge in [-0.3, -0.25) is 0 Å². The van der Waals surface area contributed by atoms with Gasteiger partial charge >= 0.3 is 0 Å². The molecule has 2 rings (SSSR count). The van der Waals surface area contributed by atoms with Crippen LogP contribution in [0.5, 0.6) is 0 Å². The summed E-state index contributed by atoms with van der Waals surface area (Å²) in [6.07, 6.45) is 4.18. The van der Waals surface area contributed by atoms with E-state index in [1.165, 1.54) is 19.3 Å². The van der Waals surface area contributed by atoms with Gasteiger partial charge in [0.05, 0.1) is 5.37 Å². The summed E-state index contributed by atoms with van der Waals surface area (Å²) in [5.74, 6) is 0.892. The number of rotatable bonds is 0. The fourth-order valence-corrected chi connectivity index (χ4v) is 2.31. The smallest absolute Gasteiger partial charge is 0.0533 e. The van der Waals surface area contributed by atoms with Crippen LogP contribution in [-0.4, -0.2) is 11.4 Å². The van der Waals surface area contributed by atoms with Gasteiger partial charge < -0.3 is 5.32 Å². The molecule has 9 heavy (non-hydrogen) atoms. The normalized spacial score (nSPS) is 47.0. The summed E-state index contributed by atoms with van der Waals surface area (Å²) in [7, 11) is 0. The Morgan fingerprint density at radius 1 is 1.33 bits per heavy atom. The molecule has 0 aromatic heterocycles. The molecule has 3 atom stereocenters. The third-order valence-corrected chi connectivity index (χ3v) is 2.90. The standard InChI is InChI=1S/C6H11NS.Y/c8-6-4-1-2-5(3-4)7-6;/h4-8H,1-3H2;. The molecular formula is C6H11NSY. The zero-order valence-electron chi connectivity index (χ0n) is 5.38. The molecule has 0 spiro atoms. The minimum Gasteiger partial charge on any atom is -0.303 e. The molecule has 1 aliphatic heterocycles. The summed E-state index contributed by atoms with van der Waals surface area (Å²) in [6, 6.07) is 0.822. The van der Waals surface area contributed by atoms with E-state index < -0.39 is 0 Å². The average Bonchev–Trinajstić information content (AvgIpc) is 2.23. The Bertz CT molecular complexity index is 107. The van der Waals surface area contributed by atoms with Crippen molar-refractivity contribution < 1.29 is 32.7 Å². The molecule has 0 aromatic rings. The van der Waals surface area contributed by atoms with Crippen molar-refractivity contribution >= 4 is 12.6 Å². The van der Waals surface area contributed by atoms with E-state index in [4.69, 9.17) is 0 Å². The third kappa shape index (κ3) is 1.53. The van der Waals surface area contributed by atoms with Crippen molar-refractivity contribution in [3.8, 4) is 0 Å². The first-order valence-electron chi connectivity index (χ1n) is 3.30. The number of fused-ring (bicyclic) bond motifs is 2. The van der Waals surface area contributed by atoms with E-state index in [0.717, 1.165) is 12.0 Å². The SMILES string of the molecule is SC1NC2CCC1C2.[Y]. The number of piperidine rings is 1. The molecule has 3 unspecified atom stereocenters. The predicted octanol–water partition coefficient (Wildman–Crippen LogP) is 1.01. The van der Waals surface area contributed by atoms with E-state index >= 15 is 0 Å². The molecule has 1 N–H and O–H groups in total. The van der Waals surface area contributed by atoms with Crippen LogP contribution in [0.15, 0.2) is 0 Å². The summed E-state index contributed by atoms with van der Waals surface area (Å²) in [4.78, 5) is 0. The molecule has 49 valence electrons. The van der Waals surface area contributed by atoms with E-state index in [-0.39, 0.29) is 32.7 Å². The minimum atomic E-state index is 0. The van der Waals surface area contributed by atoms with E-state index in [9.17, 15) is 0 Å². The first-order valence-corrected chi connectivity index (χ1v) is 3.82. The first kappa shape index (κ1) is 8.51. The summed E-state index contributed by atoms with van der Waals surface area (Å²) >= 11 is 4.39. The van der Waals surface area contributed by atoms with Crippen LogP contribution in [-0.2, 0) is 32.7 Å². The minimum absolute atomic E-state index is 0. The molecule has 2 fully saturated rings. The molecular weight excluding hydrogens is 207 g/mol.